The first-order valence-electron chi connectivity index (χ1n) is 4.84. The number of aromatic nitrogens is 1. The normalized spacial score (nSPS) is 15.6. The van der Waals surface area contributed by atoms with Crippen LogP contribution >= 0.6 is 0 Å². The first-order valence-corrected chi connectivity index (χ1v) is 4.84. The van der Waals surface area contributed by atoms with E-state index in [1.807, 2.05) is 0 Å². The van der Waals surface area contributed by atoms with Crippen molar-refractivity contribution in [3.05, 3.63) is 23.9 Å². The maximum atomic E-state index is 11.2. The van der Waals surface area contributed by atoms with Gasteiger partial charge in [-0.05, 0) is 12.1 Å². The van der Waals surface area contributed by atoms with E-state index in [0.29, 0.717) is 0 Å². The third-order valence-corrected chi connectivity index (χ3v) is 2.26. The fourth-order valence-electron chi connectivity index (χ4n) is 1.60. The average Bonchev–Trinajstić information content (AvgIpc) is 2.27. The Bertz CT molecular complexity index is 484. The van der Waals surface area contributed by atoms with E-state index < -0.39 is 17.8 Å². The summed E-state index contributed by atoms with van der Waals surface area (Å²) in [5.74, 6) is -1.96. The van der Waals surface area contributed by atoms with Gasteiger partial charge in [0, 0.05) is 6.20 Å². The van der Waals surface area contributed by atoms with Crippen molar-refractivity contribution in [1.29, 1.82) is 0 Å². The Balaban J connectivity index is 2.36. The molecule has 88 valence electrons. The predicted molar refractivity (Wildman–Crippen MR) is 56.6 cm³/mol. The second-order valence-corrected chi connectivity index (χ2v) is 3.51. The molecule has 0 unspecified atom stereocenters. The molecule has 2 amide bonds. The SMILES string of the molecule is O=C1CN(c2ncccc2C(=O)O)CC(=O)N1. The highest BCUT2D eigenvalue weighted by molar-refractivity contribution is 6.04. The molecule has 1 aromatic rings. The molecule has 7 heteroatoms. The molecule has 1 saturated heterocycles. The monoisotopic (exact) mass is 235 g/mol. The molecule has 0 radical (unpaired) electrons. The number of carbonyl (C=O) groups excluding carboxylic acids is 2. The summed E-state index contributed by atoms with van der Waals surface area (Å²) < 4.78 is 0. The summed E-state index contributed by atoms with van der Waals surface area (Å²) in [6.07, 6.45) is 1.42. The van der Waals surface area contributed by atoms with E-state index in [-0.39, 0.29) is 24.5 Å². The van der Waals surface area contributed by atoms with Crippen molar-refractivity contribution < 1.29 is 19.5 Å². The van der Waals surface area contributed by atoms with Crippen molar-refractivity contribution in [3.8, 4) is 0 Å². The van der Waals surface area contributed by atoms with Crippen LogP contribution in [-0.2, 0) is 9.59 Å². The summed E-state index contributed by atoms with van der Waals surface area (Å²) in [6, 6.07) is 2.86. The molecule has 0 aromatic carbocycles. The third-order valence-electron chi connectivity index (χ3n) is 2.26. The zero-order valence-corrected chi connectivity index (χ0v) is 8.71. The number of carboxylic acids is 1. The van der Waals surface area contributed by atoms with Crippen molar-refractivity contribution in [2.45, 2.75) is 0 Å². The number of nitrogens with zero attached hydrogens (tertiary/aromatic N) is 2. The number of hydrogen-bond donors (Lipinski definition) is 2. The number of aromatic carboxylic acids is 1. The zero-order valence-electron chi connectivity index (χ0n) is 8.71. The summed E-state index contributed by atoms with van der Waals surface area (Å²) in [7, 11) is 0. The van der Waals surface area contributed by atoms with Crippen LogP contribution in [0.15, 0.2) is 18.3 Å². The fourth-order valence-corrected chi connectivity index (χ4v) is 1.60. The number of carbonyl (C=O) groups is 3. The van der Waals surface area contributed by atoms with Crippen molar-refractivity contribution >= 4 is 23.6 Å². The first-order chi connectivity index (χ1) is 8.08. The van der Waals surface area contributed by atoms with Crippen LogP contribution in [0.2, 0.25) is 0 Å². The molecule has 1 aromatic heterocycles. The van der Waals surface area contributed by atoms with Gasteiger partial charge in [-0.25, -0.2) is 9.78 Å². The zero-order chi connectivity index (χ0) is 12.4. The Morgan fingerprint density at radius 1 is 1.35 bits per heavy atom. The van der Waals surface area contributed by atoms with Crippen LogP contribution < -0.4 is 10.2 Å². The fraction of sp³-hybridized carbons (Fsp3) is 0.200. The Hall–Kier alpha value is -2.44. The lowest BCUT2D eigenvalue weighted by Crippen LogP contribution is -2.52. The van der Waals surface area contributed by atoms with E-state index in [2.05, 4.69) is 10.3 Å². The first kappa shape index (κ1) is 11.1. The minimum atomic E-state index is -1.15. The Morgan fingerprint density at radius 2 is 2.00 bits per heavy atom. The van der Waals surface area contributed by atoms with Crippen LogP contribution in [0.5, 0.6) is 0 Å². The van der Waals surface area contributed by atoms with Gasteiger partial charge in [-0.1, -0.05) is 0 Å². The van der Waals surface area contributed by atoms with Gasteiger partial charge in [-0.2, -0.15) is 0 Å². The number of carboxylic acid groups (broad SMARTS) is 1. The van der Waals surface area contributed by atoms with E-state index in [1.54, 1.807) is 0 Å². The van der Waals surface area contributed by atoms with Gasteiger partial charge in [-0.3, -0.25) is 14.9 Å². The number of imide groups is 1. The van der Waals surface area contributed by atoms with Gasteiger partial charge >= 0.3 is 5.97 Å². The Morgan fingerprint density at radius 3 is 2.59 bits per heavy atom. The predicted octanol–water partition coefficient (Wildman–Crippen LogP) is -0.757. The van der Waals surface area contributed by atoms with E-state index >= 15 is 0 Å². The molecule has 0 atom stereocenters. The lowest BCUT2D eigenvalue weighted by Gasteiger charge is -2.27. The van der Waals surface area contributed by atoms with Gasteiger partial charge in [0.1, 0.15) is 11.4 Å². The summed E-state index contributed by atoms with van der Waals surface area (Å²) in [6.45, 7) is -0.161. The molecule has 2 heterocycles. The highest BCUT2D eigenvalue weighted by atomic mass is 16.4. The van der Waals surface area contributed by atoms with Gasteiger partial charge in [0.2, 0.25) is 11.8 Å². The van der Waals surface area contributed by atoms with Gasteiger partial charge in [0.05, 0.1) is 13.1 Å². The molecule has 0 saturated carbocycles. The van der Waals surface area contributed by atoms with Crippen molar-refractivity contribution in [1.82, 2.24) is 10.3 Å². The Kier molecular flexibility index (Phi) is 2.73. The third kappa shape index (κ3) is 2.22. The van der Waals surface area contributed by atoms with E-state index in [0.717, 1.165) is 0 Å². The smallest absolute Gasteiger partial charge is 0.339 e. The molecular formula is C10H9N3O4. The number of nitrogens with one attached hydrogen (secondary N) is 1. The average molecular weight is 235 g/mol. The molecule has 2 N–H and O–H groups in total. The molecule has 7 nitrogen and oxygen atoms in total. The topological polar surface area (TPSA) is 99.6 Å². The minimum Gasteiger partial charge on any atom is -0.478 e. The van der Waals surface area contributed by atoms with E-state index in [1.165, 1.54) is 23.2 Å². The van der Waals surface area contributed by atoms with Crippen LogP contribution in [-0.4, -0.2) is 41.0 Å². The molecule has 0 bridgehead atoms. The number of piperazine rings is 1. The lowest BCUT2D eigenvalue weighted by atomic mass is 10.2. The second-order valence-electron chi connectivity index (χ2n) is 3.51. The van der Waals surface area contributed by atoms with Crippen molar-refractivity contribution in [3.63, 3.8) is 0 Å². The molecule has 2 rings (SSSR count). The van der Waals surface area contributed by atoms with E-state index in [4.69, 9.17) is 5.11 Å². The van der Waals surface area contributed by atoms with E-state index in [9.17, 15) is 14.4 Å². The molecule has 17 heavy (non-hydrogen) atoms. The van der Waals surface area contributed by atoms with Crippen LogP contribution in [0.4, 0.5) is 5.82 Å². The van der Waals surface area contributed by atoms with Gasteiger partial charge in [-0.15, -0.1) is 0 Å². The summed E-state index contributed by atoms with van der Waals surface area (Å²) in [5.41, 5.74) is -0.0324. The number of amides is 2. The summed E-state index contributed by atoms with van der Waals surface area (Å²) in [4.78, 5) is 38.6. The molecule has 1 fully saturated rings. The lowest BCUT2D eigenvalue weighted by molar-refractivity contribution is -0.130. The number of pyridine rings is 1. The van der Waals surface area contributed by atoms with Crippen LogP contribution in [0.1, 0.15) is 10.4 Å². The maximum absolute atomic E-state index is 11.2. The van der Waals surface area contributed by atoms with Crippen molar-refractivity contribution in [2.24, 2.45) is 0 Å². The molecule has 0 aliphatic carbocycles. The molecular weight excluding hydrogens is 226 g/mol. The minimum absolute atomic E-state index is 0.0324. The number of hydrogen-bond acceptors (Lipinski definition) is 5. The number of anilines is 1. The maximum Gasteiger partial charge on any atom is 0.339 e. The van der Waals surface area contributed by atoms with Gasteiger partial charge in [0.15, 0.2) is 0 Å². The molecule has 1 aliphatic heterocycles. The quantitative estimate of drug-likeness (QED) is 0.654. The largest absolute Gasteiger partial charge is 0.478 e. The number of rotatable bonds is 2. The summed E-state index contributed by atoms with van der Waals surface area (Å²) in [5, 5.41) is 11.1. The van der Waals surface area contributed by atoms with Gasteiger partial charge < -0.3 is 10.0 Å². The highest BCUT2D eigenvalue weighted by Crippen LogP contribution is 2.17. The summed E-state index contributed by atoms with van der Waals surface area (Å²) >= 11 is 0. The highest BCUT2D eigenvalue weighted by Gasteiger charge is 2.26. The molecule has 1 aliphatic rings. The van der Waals surface area contributed by atoms with Crippen LogP contribution in [0, 0.1) is 0 Å². The van der Waals surface area contributed by atoms with Crippen molar-refractivity contribution in [2.75, 3.05) is 18.0 Å². The standard InChI is InChI=1S/C10H9N3O4/c14-7-4-13(5-8(15)12-7)9-6(10(16)17)2-1-3-11-9/h1-3H,4-5H2,(H,16,17)(H,12,14,15). The van der Waals surface area contributed by atoms with Crippen LogP contribution in [0.3, 0.4) is 0 Å². The molecule has 0 spiro atoms. The Labute approximate surface area is 96.1 Å². The second kappa shape index (κ2) is 4.20. The van der Waals surface area contributed by atoms with Gasteiger partial charge in [0.25, 0.3) is 0 Å². The van der Waals surface area contributed by atoms with Crippen LogP contribution in [0.25, 0.3) is 0 Å².